The second-order valence-electron chi connectivity index (χ2n) is 6.52. The third-order valence-corrected chi connectivity index (χ3v) is 5.84. The molecule has 0 aliphatic carbocycles. The Labute approximate surface area is 182 Å². The number of carbonyl (C=O) groups is 1. The molecule has 10 heteroatoms. The van der Waals surface area contributed by atoms with Crippen LogP contribution in [0.1, 0.15) is 16.1 Å². The van der Waals surface area contributed by atoms with Gasteiger partial charge in [-0.1, -0.05) is 18.2 Å². The van der Waals surface area contributed by atoms with Crippen molar-refractivity contribution < 1.29 is 9.53 Å². The van der Waals surface area contributed by atoms with Crippen LogP contribution in [0, 0.1) is 0 Å². The van der Waals surface area contributed by atoms with Crippen LogP contribution < -0.4 is 15.8 Å². The van der Waals surface area contributed by atoms with E-state index < -0.39 is 0 Å². The quantitative estimate of drug-likeness (QED) is 0.422. The van der Waals surface area contributed by atoms with Crippen molar-refractivity contribution in [2.45, 2.75) is 5.75 Å². The van der Waals surface area contributed by atoms with E-state index >= 15 is 0 Å². The van der Waals surface area contributed by atoms with E-state index in [0.29, 0.717) is 33.6 Å². The van der Waals surface area contributed by atoms with Crippen LogP contribution in [-0.2, 0) is 5.75 Å². The van der Waals surface area contributed by atoms with Gasteiger partial charge in [-0.05, 0) is 42.3 Å². The Morgan fingerprint density at radius 2 is 2.10 bits per heavy atom. The van der Waals surface area contributed by atoms with Gasteiger partial charge in [-0.3, -0.25) is 10.1 Å². The number of anilines is 2. The number of rotatable bonds is 7. The first-order valence-electron chi connectivity index (χ1n) is 9.10. The fourth-order valence-corrected chi connectivity index (χ4v) is 4.25. The summed E-state index contributed by atoms with van der Waals surface area (Å²) in [5, 5.41) is 9.51. The largest absolute Gasteiger partial charge is 0.457 e. The lowest BCUT2D eigenvalue weighted by atomic mass is 10.1. The van der Waals surface area contributed by atoms with Gasteiger partial charge in [0.2, 0.25) is 0 Å². The van der Waals surface area contributed by atoms with Crippen molar-refractivity contribution in [2.75, 3.05) is 24.8 Å². The lowest BCUT2D eigenvalue weighted by Crippen LogP contribution is -2.18. The molecule has 1 aliphatic rings. The molecule has 0 saturated carbocycles. The van der Waals surface area contributed by atoms with E-state index in [1.54, 1.807) is 36.5 Å². The number of hydrogen-bond acceptors (Lipinski definition) is 9. The van der Waals surface area contributed by atoms with Crippen molar-refractivity contribution in [3.63, 3.8) is 0 Å². The van der Waals surface area contributed by atoms with E-state index in [1.165, 1.54) is 11.3 Å². The molecule has 30 heavy (non-hydrogen) atoms. The van der Waals surface area contributed by atoms with E-state index in [2.05, 4.69) is 15.4 Å². The minimum Gasteiger partial charge on any atom is -0.457 e. The first-order valence-corrected chi connectivity index (χ1v) is 10.9. The molecule has 1 aromatic heterocycles. The number of nitrogens with one attached hydrogen (secondary N) is 1. The smallest absolute Gasteiger partial charge is 0.259 e. The Morgan fingerprint density at radius 1 is 1.27 bits per heavy atom. The molecule has 0 fully saturated rings. The lowest BCUT2D eigenvalue weighted by molar-refractivity contribution is 0.102. The number of ether oxygens (including phenoxy) is 1. The molecule has 0 saturated heterocycles. The zero-order valence-corrected chi connectivity index (χ0v) is 17.8. The lowest BCUT2D eigenvalue weighted by Gasteiger charge is -2.13. The van der Waals surface area contributed by atoms with Crippen LogP contribution in [0.4, 0.5) is 10.8 Å². The molecule has 0 atom stereocenters. The van der Waals surface area contributed by atoms with Crippen LogP contribution in [0.5, 0.6) is 11.5 Å². The molecule has 2 heterocycles. The molecule has 3 aromatic rings. The zero-order chi connectivity index (χ0) is 20.9. The van der Waals surface area contributed by atoms with Crippen LogP contribution in [0.15, 0.2) is 59.0 Å². The highest BCUT2D eigenvalue weighted by Crippen LogP contribution is 2.27. The van der Waals surface area contributed by atoms with Gasteiger partial charge in [-0.25, -0.2) is 9.40 Å². The summed E-state index contributed by atoms with van der Waals surface area (Å²) in [6, 6.07) is 14.4. The third-order valence-electron chi connectivity index (χ3n) is 4.10. The number of amides is 1. The SMILES string of the molecule is CN1C=NN(SCc2csc(NC(=O)c3cc(Oc4ccccc4)ccc3N)n2)C1. The number of nitrogens with zero attached hydrogens (tertiary/aromatic N) is 4. The van der Waals surface area contributed by atoms with Gasteiger partial charge in [-0.2, -0.15) is 5.10 Å². The van der Waals surface area contributed by atoms with Gasteiger partial charge in [0.25, 0.3) is 5.91 Å². The molecule has 1 aliphatic heterocycles. The van der Waals surface area contributed by atoms with Crippen LogP contribution in [-0.4, -0.2) is 40.3 Å². The number of aromatic nitrogens is 1. The van der Waals surface area contributed by atoms with Gasteiger partial charge in [0.1, 0.15) is 24.5 Å². The monoisotopic (exact) mass is 440 g/mol. The predicted octanol–water partition coefficient (Wildman–Crippen LogP) is 4.07. The Hall–Kier alpha value is -3.24. The summed E-state index contributed by atoms with van der Waals surface area (Å²) in [6.07, 6.45) is 1.78. The average Bonchev–Trinajstić information content (AvgIpc) is 3.37. The second kappa shape index (κ2) is 9.06. The van der Waals surface area contributed by atoms with Crippen molar-refractivity contribution in [2.24, 2.45) is 5.10 Å². The molecule has 3 N–H and O–H groups in total. The second-order valence-corrected chi connectivity index (χ2v) is 8.34. The minimum atomic E-state index is -0.328. The average molecular weight is 441 g/mol. The van der Waals surface area contributed by atoms with Gasteiger partial charge in [-0.15, -0.1) is 11.3 Å². The van der Waals surface area contributed by atoms with E-state index in [1.807, 2.05) is 52.1 Å². The van der Waals surface area contributed by atoms with Gasteiger partial charge in [0.05, 0.1) is 17.0 Å². The maximum atomic E-state index is 12.7. The summed E-state index contributed by atoms with van der Waals surface area (Å²) in [4.78, 5) is 19.2. The summed E-state index contributed by atoms with van der Waals surface area (Å²) in [6.45, 7) is 0.735. The highest BCUT2D eigenvalue weighted by Gasteiger charge is 2.15. The number of nitrogens with two attached hydrogens (primary N) is 1. The first kappa shape index (κ1) is 20.0. The van der Waals surface area contributed by atoms with Gasteiger partial charge in [0, 0.05) is 18.1 Å². The maximum absolute atomic E-state index is 12.7. The molecular weight excluding hydrogens is 420 g/mol. The highest BCUT2D eigenvalue weighted by molar-refractivity contribution is 7.96. The van der Waals surface area contributed by atoms with Gasteiger partial charge >= 0.3 is 0 Å². The van der Waals surface area contributed by atoms with Gasteiger partial charge in [0.15, 0.2) is 5.13 Å². The number of hydrazone groups is 1. The highest BCUT2D eigenvalue weighted by atomic mass is 32.2. The van der Waals surface area contributed by atoms with Crippen LogP contribution in [0.3, 0.4) is 0 Å². The molecule has 1 amide bonds. The van der Waals surface area contributed by atoms with Crippen molar-refractivity contribution in [3.8, 4) is 11.5 Å². The summed E-state index contributed by atoms with van der Waals surface area (Å²) < 4.78 is 7.68. The summed E-state index contributed by atoms with van der Waals surface area (Å²) in [5.41, 5.74) is 7.59. The predicted molar refractivity (Wildman–Crippen MR) is 122 cm³/mol. The van der Waals surface area contributed by atoms with Crippen LogP contribution in [0.2, 0.25) is 0 Å². The normalized spacial score (nSPS) is 13.0. The first-order chi connectivity index (χ1) is 14.6. The van der Waals surface area contributed by atoms with Gasteiger partial charge < -0.3 is 15.4 Å². The maximum Gasteiger partial charge on any atom is 0.259 e. The number of thiazole rings is 1. The fraction of sp³-hybridized carbons (Fsp3) is 0.150. The minimum absolute atomic E-state index is 0.328. The topological polar surface area (TPSA) is 96.1 Å². The Bertz CT molecular complexity index is 1060. The number of benzene rings is 2. The molecule has 4 rings (SSSR count). The molecule has 2 aromatic carbocycles. The van der Waals surface area contributed by atoms with Crippen molar-refractivity contribution in [1.82, 2.24) is 14.3 Å². The molecule has 0 bridgehead atoms. The molecule has 0 unspecified atom stereocenters. The summed E-state index contributed by atoms with van der Waals surface area (Å²) in [5.74, 6) is 1.56. The number of para-hydroxylation sites is 1. The zero-order valence-electron chi connectivity index (χ0n) is 16.2. The molecule has 0 radical (unpaired) electrons. The van der Waals surface area contributed by atoms with Crippen molar-refractivity contribution in [1.29, 1.82) is 0 Å². The number of nitrogen functional groups attached to an aromatic ring is 1. The van der Waals surface area contributed by atoms with E-state index in [4.69, 9.17) is 10.5 Å². The summed E-state index contributed by atoms with van der Waals surface area (Å²) in [7, 11) is 1.96. The Morgan fingerprint density at radius 3 is 2.87 bits per heavy atom. The third kappa shape index (κ3) is 5.02. The van der Waals surface area contributed by atoms with Crippen molar-refractivity contribution >= 4 is 46.3 Å². The number of carbonyl (C=O) groups excluding carboxylic acids is 1. The standard InChI is InChI=1S/C20H20N6O2S2/c1-25-12-22-26(13-25)30-11-14-10-29-20(23-14)24-19(27)17-9-16(7-8-18(17)21)28-15-5-3-2-4-6-15/h2-10,12H,11,13,21H2,1H3,(H,23,24,27). The summed E-state index contributed by atoms with van der Waals surface area (Å²) >= 11 is 2.94. The molecular formula is C20H20N6O2S2. The van der Waals surface area contributed by atoms with Crippen LogP contribution >= 0.6 is 23.3 Å². The van der Waals surface area contributed by atoms with E-state index in [9.17, 15) is 4.79 Å². The number of hydrogen-bond donors (Lipinski definition) is 2. The Balaban J connectivity index is 1.38. The fourth-order valence-electron chi connectivity index (χ4n) is 2.64. The molecule has 154 valence electrons. The van der Waals surface area contributed by atoms with E-state index in [-0.39, 0.29) is 5.91 Å². The molecule has 0 spiro atoms. The Kier molecular flexibility index (Phi) is 6.05. The van der Waals surface area contributed by atoms with Crippen LogP contribution in [0.25, 0.3) is 0 Å². The van der Waals surface area contributed by atoms with Crippen molar-refractivity contribution in [3.05, 3.63) is 65.2 Å². The molecule has 8 nitrogen and oxygen atoms in total. The van der Waals surface area contributed by atoms with E-state index in [0.717, 1.165) is 12.4 Å².